The van der Waals surface area contributed by atoms with Crippen molar-refractivity contribution in [1.82, 2.24) is 9.78 Å². The number of nitrogens with zero attached hydrogens (tertiary/aromatic N) is 4. The third-order valence-electron chi connectivity index (χ3n) is 4.95. The zero-order valence-electron chi connectivity index (χ0n) is 18.3. The number of benzene rings is 2. The molecule has 0 bridgehead atoms. The molecule has 1 N–H and O–H groups in total. The molecule has 0 aliphatic heterocycles. The summed E-state index contributed by atoms with van der Waals surface area (Å²) in [6.45, 7) is 0.828. The molecule has 17 heteroatoms. The van der Waals surface area contributed by atoms with Crippen molar-refractivity contribution in [3.8, 4) is 23.7 Å². The number of rotatable bonds is 3. The molecule has 2 aromatic carbocycles. The number of carbonyl (C=O) groups is 1. The first-order chi connectivity index (χ1) is 17.0. The maximum absolute atomic E-state index is 14.4. The van der Waals surface area contributed by atoms with Crippen molar-refractivity contribution in [2.24, 2.45) is 0 Å². The topological polar surface area (TPSA) is 103 Å². The molecular formula is C21H6F10N4O2Zn. The standard InChI is InChI=1S/C21H6F10N4O2.Zn/c1-6-12(19(37)35(34-6)17-15(24)13(22)9(5-33)14(23)16(17)25)18(36)7-2-10(20(26,27)28)8(4-32)11(3-7)21(29,30)31;/h2-3,37H,1H3;. The minimum absolute atomic E-state index is 0. The fourth-order valence-corrected chi connectivity index (χ4v) is 3.33. The van der Waals surface area contributed by atoms with Crippen molar-refractivity contribution in [2.75, 3.05) is 0 Å². The molecule has 0 saturated carbocycles. The number of aromatic hydroxyl groups is 1. The predicted octanol–water partition coefficient (Wildman–Crippen LogP) is 5.45. The van der Waals surface area contributed by atoms with E-state index in [2.05, 4.69) is 5.10 Å². The monoisotopic (exact) mass is 600 g/mol. The van der Waals surface area contributed by atoms with Crippen LogP contribution in [0, 0.1) is 52.9 Å². The number of ketones is 1. The van der Waals surface area contributed by atoms with E-state index < -0.39 is 92.0 Å². The zero-order chi connectivity index (χ0) is 28.2. The van der Waals surface area contributed by atoms with Crippen LogP contribution in [-0.2, 0) is 31.8 Å². The molecule has 0 fully saturated rings. The Labute approximate surface area is 217 Å². The first-order valence-corrected chi connectivity index (χ1v) is 9.29. The molecular weight excluding hydrogens is 596 g/mol. The molecule has 0 unspecified atom stereocenters. The van der Waals surface area contributed by atoms with E-state index in [0.29, 0.717) is 0 Å². The molecule has 6 nitrogen and oxygen atoms in total. The van der Waals surface area contributed by atoms with Crippen LogP contribution in [0.1, 0.15) is 43.9 Å². The Morgan fingerprint density at radius 3 is 1.66 bits per heavy atom. The van der Waals surface area contributed by atoms with E-state index >= 15 is 0 Å². The number of hydrogen-bond donors (Lipinski definition) is 1. The smallest absolute Gasteiger partial charge is 0.417 e. The van der Waals surface area contributed by atoms with Gasteiger partial charge in [-0.1, -0.05) is 0 Å². The summed E-state index contributed by atoms with van der Waals surface area (Å²) in [7, 11) is 0. The van der Waals surface area contributed by atoms with E-state index in [-0.39, 0.29) is 36.3 Å². The van der Waals surface area contributed by atoms with Crippen molar-refractivity contribution in [3.63, 3.8) is 0 Å². The molecule has 0 aliphatic rings. The number of alkyl halides is 6. The number of halogens is 10. The van der Waals surface area contributed by atoms with E-state index in [1.54, 1.807) is 0 Å². The van der Waals surface area contributed by atoms with Crippen LogP contribution in [0.4, 0.5) is 43.9 Å². The van der Waals surface area contributed by atoms with Crippen molar-refractivity contribution in [1.29, 1.82) is 10.5 Å². The molecule has 38 heavy (non-hydrogen) atoms. The second kappa shape index (κ2) is 10.1. The van der Waals surface area contributed by atoms with E-state index in [9.17, 15) is 53.8 Å². The van der Waals surface area contributed by atoms with Gasteiger partial charge in [0.05, 0.1) is 22.4 Å². The second-order valence-electron chi connectivity index (χ2n) is 7.17. The average Bonchev–Trinajstić information content (AvgIpc) is 3.09. The van der Waals surface area contributed by atoms with Gasteiger partial charge in [-0.25, -0.2) is 17.6 Å². The average molecular weight is 602 g/mol. The van der Waals surface area contributed by atoms with Crippen molar-refractivity contribution in [2.45, 2.75) is 19.3 Å². The summed E-state index contributed by atoms with van der Waals surface area (Å²) in [6, 6.07) is 1.39. The van der Waals surface area contributed by atoms with Crippen LogP contribution in [0.3, 0.4) is 0 Å². The van der Waals surface area contributed by atoms with Crippen molar-refractivity contribution in [3.05, 3.63) is 74.5 Å². The molecule has 3 rings (SSSR count). The van der Waals surface area contributed by atoms with E-state index in [0.717, 1.165) is 19.1 Å². The minimum Gasteiger partial charge on any atom is -0.493 e. The summed E-state index contributed by atoms with van der Waals surface area (Å²) in [4.78, 5) is 12.9. The summed E-state index contributed by atoms with van der Waals surface area (Å²) in [6.07, 6.45) is -11.1. The molecule has 0 aliphatic carbocycles. The molecule has 1 heterocycles. The Kier molecular flexibility index (Phi) is 8.01. The first-order valence-electron chi connectivity index (χ1n) is 9.29. The van der Waals surface area contributed by atoms with Gasteiger partial charge >= 0.3 is 12.4 Å². The first kappa shape index (κ1) is 30.2. The van der Waals surface area contributed by atoms with Crippen LogP contribution in [0.15, 0.2) is 12.1 Å². The largest absolute Gasteiger partial charge is 0.493 e. The Morgan fingerprint density at radius 2 is 1.29 bits per heavy atom. The molecule has 0 radical (unpaired) electrons. The van der Waals surface area contributed by atoms with Crippen LogP contribution >= 0.6 is 0 Å². The van der Waals surface area contributed by atoms with Crippen LogP contribution in [0.5, 0.6) is 5.88 Å². The zero-order valence-corrected chi connectivity index (χ0v) is 21.3. The van der Waals surface area contributed by atoms with Gasteiger partial charge in [0.15, 0.2) is 29.1 Å². The molecule has 1 aromatic heterocycles. The van der Waals surface area contributed by atoms with Crippen LogP contribution in [0.2, 0.25) is 0 Å². The van der Waals surface area contributed by atoms with E-state index in [1.807, 2.05) is 0 Å². The quantitative estimate of drug-likeness (QED) is 0.186. The summed E-state index contributed by atoms with van der Waals surface area (Å²) in [5.41, 5.74) is -12.9. The number of hydrogen-bond acceptors (Lipinski definition) is 5. The summed E-state index contributed by atoms with van der Waals surface area (Å²) < 4.78 is 137. The fraction of sp³-hybridized carbons (Fsp3) is 0.143. The predicted molar refractivity (Wildman–Crippen MR) is 99.1 cm³/mol. The summed E-state index contributed by atoms with van der Waals surface area (Å²) in [5.74, 6) is -12.3. The van der Waals surface area contributed by atoms with Gasteiger partial charge in [-0.15, -0.1) is 0 Å². The van der Waals surface area contributed by atoms with Crippen molar-refractivity contribution < 1.29 is 73.3 Å². The van der Waals surface area contributed by atoms with Gasteiger partial charge in [0, 0.05) is 25.0 Å². The van der Waals surface area contributed by atoms with Crippen LogP contribution in [0.25, 0.3) is 5.69 Å². The summed E-state index contributed by atoms with van der Waals surface area (Å²) in [5, 5.41) is 31.2. The van der Waals surface area contributed by atoms with E-state index in [1.165, 1.54) is 0 Å². The molecule has 0 amide bonds. The molecule has 0 saturated heterocycles. The maximum Gasteiger partial charge on any atom is 0.417 e. The Bertz CT molecular complexity index is 1500. The Morgan fingerprint density at radius 1 is 0.868 bits per heavy atom. The fourth-order valence-electron chi connectivity index (χ4n) is 3.33. The van der Waals surface area contributed by atoms with Gasteiger partial charge in [-0.2, -0.15) is 46.6 Å². The van der Waals surface area contributed by atoms with Gasteiger partial charge in [0.2, 0.25) is 5.88 Å². The van der Waals surface area contributed by atoms with Gasteiger partial charge in [-0.05, 0) is 19.1 Å². The number of aryl methyl sites for hydroxylation is 1. The van der Waals surface area contributed by atoms with Gasteiger partial charge in [0.1, 0.15) is 29.0 Å². The minimum atomic E-state index is -5.55. The Balaban J connectivity index is 0.00000507. The van der Waals surface area contributed by atoms with Gasteiger partial charge in [-0.3, -0.25) is 4.79 Å². The third-order valence-corrected chi connectivity index (χ3v) is 4.95. The third kappa shape index (κ3) is 4.81. The number of carbonyl (C=O) groups excluding carboxylic acids is 1. The maximum atomic E-state index is 14.4. The summed E-state index contributed by atoms with van der Waals surface area (Å²) >= 11 is 0. The number of nitriles is 2. The van der Waals surface area contributed by atoms with Crippen LogP contribution < -0.4 is 0 Å². The molecule has 194 valence electrons. The van der Waals surface area contributed by atoms with Crippen LogP contribution in [-0.4, -0.2) is 20.7 Å². The number of aromatic nitrogens is 2. The molecule has 3 aromatic rings. The second-order valence-corrected chi connectivity index (χ2v) is 7.17. The SMILES string of the molecule is Cc1nn(-c2c(F)c(F)c(C#N)c(F)c2F)c(O)c1C(=O)c1cc(C(F)(F)F)c(C#N)c(C(F)(F)F)c1.[Zn]. The Hall–Kier alpha value is -3.98. The van der Waals surface area contributed by atoms with Gasteiger partial charge < -0.3 is 5.11 Å². The van der Waals surface area contributed by atoms with Crippen molar-refractivity contribution >= 4 is 5.78 Å². The van der Waals surface area contributed by atoms with Gasteiger partial charge in [0.25, 0.3) is 0 Å². The normalized spacial score (nSPS) is 11.5. The van der Waals surface area contributed by atoms with E-state index in [4.69, 9.17) is 10.5 Å². The molecule has 0 spiro atoms. The molecule has 0 atom stereocenters.